The highest BCUT2D eigenvalue weighted by atomic mass is 79.9. The number of nitrogens with zero attached hydrogens (tertiary/aromatic N) is 1. The van der Waals surface area contributed by atoms with Gasteiger partial charge in [-0.15, -0.1) is 0 Å². The van der Waals surface area contributed by atoms with E-state index in [-0.39, 0.29) is 16.8 Å². The van der Waals surface area contributed by atoms with Crippen molar-refractivity contribution in [3.05, 3.63) is 39.4 Å². The van der Waals surface area contributed by atoms with Crippen molar-refractivity contribution in [3.8, 4) is 6.07 Å². The van der Waals surface area contributed by atoms with E-state index >= 15 is 0 Å². The molecule has 2 N–H and O–H groups in total. The molecule has 6 heteroatoms. The summed E-state index contributed by atoms with van der Waals surface area (Å²) in [6.45, 7) is 1.45. The quantitative estimate of drug-likeness (QED) is 0.805. The Balaban J connectivity index is 3.41. The number of rotatable bonds is 1. The van der Waals surface area contributed by atoms with Gasteiger partial charge in [0, 0.05) is 15.6 Å². The molecule has 0 bridgehead atoms. The molecule has 2 nitrogen and oxygen atoms in total. The van der Waals surface area contributed by atoms with Crippen molar-refractivity contribution in [2.24, 2.45) is 5.73 Å². The van der Waals surface area contributed by atoms with Crippen molar-refractivity contribution in [2.75, 3.05) is 0 Å². The summed E-state index contributed by atoms with van der Waals surface area (Å²) in [6, 6.07) is 4.92. The molecule has 1 aromatic rings. The van der Waals surface area contributed by atoms with Crippen molar-refractivity contribution < 1.29 is 13.2 Å². The van der Waals surface area contributed by atoms with Gasteiger partial charge in [-0.25, -0.2) is 0 Å². The van der Waals surface area contributed by atoms with E-state index in [4.69, 9.17) is 11.0 Å². The lowest BCUT2D eigenvalue weighted by atomic mass is 10.1. The largest absolute Gasteiger partial charge is 0.416 e. The zero-order valence-corrected chi connectivity index (χ0v) is 10.4. The Kier molecular flexibility index (Phi) is 3.83. The number of hydrogen-bond donors (Lipinski definition) is 1. The predicted octanol–water partition coefficient (Wildman–Crippen LogP) is 3.68. The van der Waals surface area contributed by atoms with Crippen molar-refractivity contribution in [3.63, 3.8) is 0 Å². The number of alkyl halides is 3. The normalized spacial score (nSPS) is 12.9. The number of allylic oxidation sites excluding steroid dienone is 1. The van der Waals surface area contributed by atoms with Gasteiger partial charge in [-0.2, -0.15) is 18.4 Å². The third kappa shape index (κ3) is 3.01. The fourth-order valence-electron chi connectivity index (χ4n) is 1.17. The van der Waals surface area contributed by atoms with Crippen molar-refractivity contribution in [1.82, 2.24) is 0 Å². The number of hydrogen-bond acceptors (Lipinski definition) is 2. The monoisotopic (exact) mass is 304 g/mol. The van der Waals surface area contributed by atoms with Crippen LogP contribution in [0.2, 0.25) is 0 Å². The Hall–Kier alpha value is -1.48. The minimum Gasteiger partial charge on any atom is -0.397 e. The lowest BCUT2D eigenvalue weighted by Crippen LogP contribution is -2.07. The topological polar surface area (TPSA) is 49.8 Å². The lowest BCUT2D eigenvalue weighted by molar-refractivity contribution is -0.137. The van der Waals surface area contributed by atoms with Gasteiger partial charge in [-0.3, -0.25) is 0 Å². The molecule has 1 rings (SSSR count). The minimum atomic E-state index is -4.43. The van der Waals surface area contributed by atoms with Crippen LogP contribution in [0, 0.1) is 11.3 Å². The molecular weight excluding hydrogens is 297 g/mol. The molecule has 0 aliphatic heterocycles. The lowest BCUT2D eigenvalue weighted by Gasteiger charge is -2.11. The van der Waals surface area contributed by atoms with Gasteiger partial charge in [0.1, 0.15) is 0 Å². The number of benzene rings is 1. The fourth-order valence-corrected chi connectivity index (χ4v) is 1.63. The van der Waals surface area contributed by atoms with Crippen LogP contribution in [0.3, 0.4) is 0 Å². The second kappa shape index (κ2) is 4.80. The standard InChI is InChI=1S/C11H8BrF3N2/c1-6(5-16)10(17)8-4-7(11(13,14)15)2-3-9(8)12/h2-4H,17H2,1H3/b10-6-. The molecule has 0 saturated carbocycles. The molecule has 0 aromatic heterocycles. The second-order valence-electron chi connectivity index (χ2n) is 3.34. The third-order valence-corrected chi connectivity index (χ3v) is 2.85. The van der Waals surface area contributed by atoms with E-state index in [2.05, 4.69) is 15.9 Å². The van der Waals surface area contributed by atoms with Crippen molar-refractivity contribution >= 4 is 21.6 Å². The van der Waals surface area contributed by atoms with Crippen molar-refractivity contribution in [2.45, 2.75) is 13.1 Å². The summed E-state index contributed by atoms with van der Waals surface area (Å²) in [5.74, 6) is 0. The Morgan fingerprint density at radius 1 is 1.41 bits per heavy atom. The molecule has 0 atom stereocenters. The molecule has 90 valence electrons. The van der Waals surface area contributed by atoms with Crippen LogP contribution in [-0.4, -0.2) is 0 Å². The van der Waals surface area contributed by atoms with Crippen LogP contribution in [0.15, 0.2) is 28.2 Å². The average molecular weight is 305 g/mol. The summed E-state index contributed by atoms with van der Waals surface area (Å²) in [4.78, 5) is 0. The molecule has 0 spiro atoms. The van der Waals surface area contributed by atoms with E-state index in [9.17, 15) is 13.2 Å². The summed E-state index contributed by atoms with van der Waals surface area (Å²) in [5, 5.41) is 8.66. The number of nitriles is 1. The zero-order valence-electron chi connectivity index (χ0n) is 8.77. The van der Waals surface area contributed by atoms with Crippen LogP contribution in [0.5, 0.6) is 0 Å². The maximum absolute atomic E-state index is 12.5. The highest BCUT2D eigenvalue weighted by molar-refractivity contribution is 9.10. The van der Waals surface area contributed by atoms with E-state index < -0.39 is 11.7 Å². The Morgan fingerprint density at radius 3 is 2.47 bits per heavy atom. The van der Waals surface area contributed by atoms with Crippen LogP contribution in [-0.2, 0) is 6.18 Å². The van der Waals surface area contributed by atoms with E-state index in [1.807, 2.05) is 0 Å². The van der Waals surface area contributed by atoms with E-state index in [1.165, 1.54) is 13.0 Å². The molecule has 0 aliphatic carbocycles. The van der Waals surface area contributed by atoms with Gasteiger partial charge < -0.3 is 5.73 Å². The van der Waals surface area contributed by atoms with Gasteiger partial charge in [0.15, 0.2) is 0 Å². The van der Waals surface area contributed by atoms with E-state index in [0.717, 1.165) is 12.1 Å². The maximum atomic E-state index is 12.5. The van der Waals surface area contributed by atoms with Crippen LogP contribution < -0.4 is 5.73 Å². The predicted molar refractivity (Wildman–Crippen MR) is 61.5 cm³/mol. The minimum absolute atomic E-state index is 0.0328. The summed E-state index contributed by atoms with van der Waals surface area (Å²) >= 11 is 3.10. The van der Waals surface area contributed by atoms with Crippen LogP contribution >= 0.6 is 15.9 Å². The number of nitrogens with two attached hydrogens (primary N) is 1. The molecule has 0 unspecified atom stereocenters. The molecule has 0 amide bonds. The van der Waals surface area contributed by atoms with E-state index in [0.29, 0.717) is 4.47 Å². The summed E-state index contributed by atoms with van der Waals surface area (Å²) < 4.78 is 37.9. The fraction of sp³-hybridized carbons (Fsp3) is 0.182. The first-order valence-corrected chi connectivity index (χ1v) is 5.30. The Bertz CT molecular complexity index is 512. The number of halogens is 4. The molecule has 0 heterocycles. The molecule has 0 aliphatic rings. The maximum Gasteiger partial charge on any atom is 0.416 e. The van der Waals surface area contributed by atoms with Gasteiger partial charge in [0.25, 0.3) is 0 Å². The average Bonchev–Trinajstić information content (AvgIpc) is 2.26. The van der Waals surface area contributed by atoms with Crippen molar-refractivity contribution in [1.29, 1.82) is 5.26 Å². The molecule has 0 saturated heterocycles. The molecular formula is C11H8BrF3N2. The third-order valence-electron chi connectivity index (χ3n) is 2.16. The Morgan fingerprint density at radius 2 is 2.00 bits per heavy atom. The first-order valence-electron chi connectivity index (χ1n) is 4.51. The highest BCUT2D eigenvalue weighted by Crippen LogP contribution is 2.33. The molecule has 17 heavy (non-hydrogen) atoms. The first kappa shape index (κ1) is 13.6. The van der Waals surface area contributed by atoms with E-state index in [1.54, 1.807) is 6.07 Å². The molecule has 0 radical (unpaired) electrons. The van der Waals surface area contributed by atoms with Gasteiger partial charge >= 0.3 is 6.18 Å². The first-order chi connectivity index (χ1) is 7.77. The zero-order chi connectivity index (χ0) is 13.2. The summed E-state index contributed by atoms with van der Waals surface area (Å²) in [5.41, 5.74) is 5.19. The van der Waals surface area contributed by atoms with Crippen LogP contribution in [0.25, 0.3) is 5.70 Å². The Labute approximate surface area is 105 Å². The molecule has 1 aromatic carbocycles. The van der Waals surface area contributed by atoms with Gasteiger partial charge in [0.2, 0.25) is 0 Å². The summed E-state index contributed by atoms with van der Waals surface area (Å²) in [6.07, 6.45) is -4.43. The summed E-state index contributed by atoms with van der Waals surface area (Å²) in [7, 11) is 0. The highest BCUT2D eigenvalue weighted by Gasteiger charge is 2.31. The second-order valence-corrected chi connectivity index (χ2v) is 4.20. The SMILES string of the molecule is C/C(C#N)=C(/N)c1cc(C(F)(F)F)ccc1Br. The van der Waals surface area contributed by atoms with Gasteiger partial charge in [-0.1, -0.05) is 15.9 Å². The smallest absolute Gasteiger partial charge is 0.397 e. The van der Waals surface area contributed by atoms with Gasteiger partial charge in [-0.05, 0) is 25.1 Å². The van der Waals surface area contributed by atoms with Crippen LogP contribution in [0.1, 0.15) is 18.1 Å². The van der Waals surface area contributed by atoms with Gasteiger partial charge in [0.05, 0.1) is 17.3 Å². The molecule has 0 fully saturated rings. The van der Waals surface area contributed by atoms with Crippen LogP contribution in [0.4, 0.5) is 13.2 Å².